The molecule has 1 aromatic heterocycles. The van der Waals surface area contributed by atoms with Gasteiger partial charge in [0.1, 0.15) is 0 Å². The average Bonchev–Trinajstić information content (AvgIpc) is 2.35. The van der Waals surface area contributed by atoms with E-state index < -0.39 is 0 Å². The molecule has 0 aliphatic rings. The number of hydrogen-bond donors (Lipinski definition) is 1. The van der Waals surface area contributed by atoms with Crippen molar-refractivity contribution in [3.8, 4) is 5.75 Å². The Balaban J connectivity index is 2.70. The van der Waals surface area contributed by atoms with Crippen molar-refractivity contribution in [2.24, 2.45) is 5.73 Å². The number of nitrogens with two attached hydrogens (primary N) is 1. The largest absolute Gasteiger partial charge is 0.488 e. The van der Waals surface area contributed by atoms with Crippen molar-refractivity contribution >= 4 is 0 Å². The van der Waals surface area contributed by atoms with Crippen LogP contribution in [0.5, 0.6) is 5.75 Å². The highest BCUT2D eigenvalue weighted by Crippen LogP contribution is 2.07. The maximum atomic E-state index is 12.0. The first-order valence-corrected chi connectivity index (χ1v) is 6.24. The first kappa shape index (κ1) is 13.8. The summed E-state index contributed by atoms with van der Waals surface area (Å²) in [6, 6.07) is 3.54. The predicted molar refractivity (Wildman–Crippen MR) is 69.5 cm³/mol. The van der Waals surface area contributed by atoms with Crippen molar-refractivity contribution in [2.45, 2.75) is 39.2 Å². The molecule has 4 nitrogen and oxygen atoms in total. The van der Waals surface area contributed by atoms with Crippen LogP contribution in [-0.2, 0) is 0 Å². The fourth-order valence-electron chi connectivity index (χ4n) is 1.59. The van der Waals surface area contributed by atoms with E-state index in [2.05, 4.69) is 6.92 Å². The van der Waals surface area contributed by atoms with E-state index in [1.54, 1.807) is 16.8 Å². The molecule has 1 rings (SSSR count). The van der Waals surface area contributed by atoms with Gasteiger partial charge in [0.25, 0.3) is 5.56 Å². The van der Waals surface area contributed by atoms with Crippen LogP contribution in [0.4, 0.5) is 0 Å². The second kappa shape index (κ2) is 7.12. The van der Waals surface area contributed by atoms with E-state index in [0.717, 1.165) is 19.3 Å². The van der Waals surface area contributed by atoms with Crippen molar-refractivity contribution in [3.05, 3.63) is 28.7 Å². The summed E-state index contributed by atoms with van der Waals surface area (Å²) in [4.78, 5) is 12.0. The predicted octanol–water partition coefficient (Wildman–Crippen LogP) is 1.94. The molecule has 0 aliphatic heterocycles. The van der Waals surface area contributed by atoms with E-state index in [9.17, 15) is 4.79 Å². The van der Waals surface area contributed by atoms with Gasteiger partial charge in [0.15, 0.2) is 5.75 Å². The molecule has 0 spiro atoms. The van der Waals surface area contributed by atoms with Gasteiger partial charge >= 0.3 is 0 Å². The average molecular weight is 238 g/mol. The molecule has 1 heterocycles. The summed E-state index contributed by atoms with van der Waals surface area (Å²) in [5.74, 6) is 0.420. The Bertz CT molecular complexity index is 387. The number of nitrogens with zero attached hydrogens (tertiary/aromatic N) is 1. The summed E-state index contributed by atoms with van der Waals surface area (Å²) in [5, 5.41) is 0. The molecule has 1 atom stereocenters. The van der Waals surface area contributed by atoms with Crippen LogP contribution in [0.2, 0.25) is 0 Å². The summed E-state index contributed by atoms with van der Waals surface area (Å²) in [6.45, 7) is 5.10. The van der Waals surface area contributed by atoms with Gasteiger partial charge in [-0.05, 0) is 25.5 Å². The Morgan fingerprint density at radius 1 is 1.47 bits per heavy atom. The van der Waals surface area contributed by atoms with Crippen molar-refractivity contribution < 1.29 is 4.74 Å². The lowest BCUT2D eigenvalue weighted by Gasteiger charge is -2.14. The molecule has 4 heteroatoms. The zero-order valence-corrected chi connectivity index (χ0v) is 10.7. The molecule has 0 aliphatic carbocycles. The summed E-state index contributed by atoms with van der Waals surface area (Å²) in [6.07, 6.45) is 5.00. The van der Waals surface area contributed by atoms with Crippen LogP contribution in [0.15, 0.2) is 23.1 Å². The Morgan fingerprint density at radius 3 is 2.88 bits per heavy atom. The highest BCUT2D eigenvalue weighted by atomic mass is 16.5. The molecule has 0 radical (unpaired) electrons. The lowest BCUT2D eigenvalue weighted by atomic mass is 10.3. The molecular weight excluding hydrogens is 216 g/mol. The summed E-state index contributed by atoms with van der Waals surface area (Å²) in [5.41, 5.74) is 5.47. The fourth-order valence-corrected chi connectivity index (χ4v) is 1.59. The Morgan fingerprint density at radius 2 is 2.24 bits per heavy atom. The second-order valence-corrected chi connectivity index (χ2v) is 4.23. The fraction of sp³-hybridized carbons (Fsp3) is 0.615. The monoisotopic (exact) mass is 238 g/mol. The van der Waals surface area contributed by atoms with Gasteiger partial charge in [-0.1, -0.05) is 19.8 Å². The maximum Gasteiger partial charge on any atom is 0.293 e. The minimum absolute atomic E-state index is 0.00157. The SMILES string of the molecule is CCCCCOc1cccn(C(C)CN)c1=O. The number of rotatable bonds is 7. The lowest BCUT2D eigenvalue weighted by molar-refractivity contribution is 0.298. The molecule has 0 bridgehead atoms. The standard InChI is InChI=1S/C13H22N2O2/c1-3-4-5-9-17-12-7-6-8-15(13(12)16)11(2)10-14/h6-8,11H,3-5,9-10,14H2,1-2H3. The van der Waals surface area contributed by atoms with E-state index in [0.29, 0.717) is 18.9 Å². The number of pyridine rings is 1. The highest BCUT2D eigenvalue weighted by molar-refractivity contribution is 5.17. The molecule has 0 amide bonds. The van der Waals surface area contributed by atoms with Crippen molar-refractivity contribution in [1.82, 2.24) is 4.57 Å². The molecule has 0 saturated heterocycles. The van der Waals surface area contributed by atoms with Gasteiger partial charge in [-0.25, -0.2) is 0 Å². The van der Waals surface area contributed by atoms with Crippen LogP contribution in [0.3, 0.4) is 0 Å². The Hall–Kier alpha value is -1.29. The quantitative estimate of drug-likeness (QED) is 0.738. The minimum Gasteiger partial charge on any atom is -0.488 e. The third-order valence-corrected chi connectivity index (χ3v) is 2.76. The van der Waals surface area contributed by atoms with Gasteiger partial charge in [-0.2, -0.15) is 0 Å². The highest BCUT2D eigenvalue weighted by Gasteiger charge is 2.08. The van der Waals surface area contributed by atoms with Crippen molar-refractivity contribution in [3.63, 3.8) is 0 Å². The van der Waals surface area contributed by atoms with E-state index in [1.165, 1.54) is 0 Å². The smallest absolute Gasteiger partial charge is 0.293 e. The number of hydrogen-bond acceptors (Lipinski definition) is 3. The number of ether oxygens (including phenoxy) is 1. The number of unbranched alkanes of at least 4 members (excludes halogenated alkanes) is 2. The van der Waals surface area contributed by atoms with Crippen LogP contribution in [0, 0.1) is 0 Å². The van der Waals surface area contributed by atoms with Crippen LogP contribution >= 0.6 is 0 Å². The molecular formula is C13H22N2O2. The molecule has 2 N–H and O–H groups in total. The van der Waals surface area contributed by atoms with Gasteiger partial charge in [0.2, 0.25) is 0 Å². The minimum atomic E-state index is -0.0954. The summed E-state index contributed by atoms with van der Waals surface area (Å²) in [7, 11) is 0. The first-order chi connectivity index (χ1) is 8.20. The van der Waals surface area contributed by atoms with Crippen molar-refractivity contribution in [2.75, 3.05) is 13.2 Å². The molecule has 96 valence electrons. The molecule has 1 unspecified atom stereocenters. The molecule has 1 aromatic rings. The van der Waals surface area contributed by atoms with Gasteiger partial charge in [0.05, 0.1) is 6.61 Å². The maximum absolute atomic E-state index is 12.0. The number of aromatic nitrogens is 1. The Kier molecular flexibility index (Phi) is 5.77. The van der Waals surface area contributed by atoms with E-state index in [1.807, 2.05) is 13.0 Å². The van der Waals surface area contributed by atoms with Gasteiger partial charge < -0.3 is 15.0 Å². The topological polar surface area (TPSA) is 57.2 Å². The molecule has 0 saturated carbocycles. The van der Waals surface area contributed by atoms with Crippen LogP contribution in [-0.4, -0.2) is 17.7 Å². The van der Waals surface area contributed by atoms with E-state index in [4.69, 9.17) is 10.5 Å². The third kappa shape index (κ3) is 3.89. The summed E-state index contributed by atoms with van der Waals surface area (Å²) < 4.78 is 7.12. The molecule has 0 fully saturated rings. The van der Waals surface area contributed by atoms with Gasteiger partial charge in [-0.3, -0.25) is 4.79 Å². The Labute approximate surface area is 102 Å². The molecule has 0 aromatic carbocycles. The first-order valence-electron chi connectivity index (χ1n) is 6.24. The van der Waals surface area contributed by atoms with Crippen molar-refractivity contribution in [1.29, 1.82) is 0 Å². The normalized spacial score (nSPS) is 12.4. The lowest BCUT2D eigenvalue weighted by Crippen LogP contribution is -2.28. The van der Waals surface area contributed by atoms with Gasteiger partial charge in [-0.15, -0.1) is 0 Å². The van der Waals surface area contributed by atoms with Crippen LogP contribution < -0.4 is 16.0 Å². The second-order valence-electron chi connectivity index (χ2n) is 4.23. The third-order valence-electron chi connectivity index (χ3n) is 2.76. The zero-order valence-electron chi connectivity index (χ0n) is 10.7. The van der Waals surface area contributed by atoms with E-state index in [-0.39, 0.29) is 11.6 Å². The summed E-state index contributed by atoms with van der Waals surface area (Å²) >= 11 is 0. The zero-order chi connectivity index (χ0) is 12.7. The van der Waals surface area contributed by atoms with Crippen LogP contribution in [0.25, 0.3) is 0 Å². The van der Waals surface area contributed by atoms with Crippen LogP contribution in [0.1, 0.15) is 39.2 Å². The van der Waals surface area contributed by atoms with E-state index >= 15 is 0 Å². The molecule has 17 heavy (non-hydrogen) atoms. The van der Waals surface area contributed by atoms with Gasteiger partial charge in [0, 0.05) is 18.8 Å².